The van der Waals surface area contributed by atoms with Gasteiger partial charge in [0.25, 0.3) is 0 Å². The second-order valence-corrected chi connectivity index (χ2v) is 5.05. The summed E-state index contributed by atoms with van der Waals surface area (Å²) in [5.74, 6) is 0. The van der Waals surface area contributed by atoms with Crippen LogP contribution < -0.4 is 0 Å². The predicted octanol–water partition coefficient (Wildman–Crippen LogP) is 4.29. The second kappa shape index (κ2) is 5.43. The zero-order chi connectivity index (χ0) is 13.9. The molecule has 0 unspecified atom stereocenters. The quantitative estimate of drug-likeness (QED) is 0.670. The van der Waals surface area contributed by atoms with Gasteiger partial charge in [0.1, 0.15) is 6.29 Å². The van der Waals surface area contributed by atoms with Crippen molar-refractivity contribution in [2.75, 3.05) is 0 Å². The maximum atomic E-state index is 10.7. The van der Waals surface area contributed by atoms with Crippen LogP contribution in [0.1, 0.15) is 21.6 Å². The first-order valence-electron chi connectivity index (χ1n) is 6.34. The topological polar surface area (TPSA) is 30.0 Å². The molecule has 3 rings (SSSR count). The lowest BCUT2D eigenvalue weighted by molar-refractivity contribution is 0.112. The molecule has 0 spiro atoms. The highest BCUT2D eigenvalue weighted by Gasteiger charge is 2.05. The Morgan fingerprint density at radius 3 is 2.70 bits per heavy atom. The van der Waals surface area contributed by atoms with Gasteiger partial charge in [-0.1, -0.05) is 48.0 Å². The molecule has 1 heterocycles. The molecule has 0 saturated heterocycles. The normalized spacial score (nSPS) is 10.7. The third-order valence-corrected chi connectivity index (χ3v) is 3.59. The number of benzene rings is 2. The number of pyridine rings is 1. The number of para-hydroxylation sites is 1. The molecule has 0 aliphatic rings. The minimum Gasteiger partial charge on any atom is -0.298 e. The molecule has 3 heteroatoms. The van der Waals surface area contributed by atoms with Gasteiger partial charge in [0.05, 0.1) is 5.52 Å². The van der Waals surface area contributed by atoms with Crippen LogP contribution in [0.4, 0.5) is 0 Å². The molecule has 0 fully saturated rings. The molecule has 0 atom stereocenters. The summed E-state index contributed by atoms with van der Waals surface area (Å²) >= 11 is 6.19. The van der Waals surface area contributed by atoms with Crippen LogP contribution in [-0.4, -0.2) is 11.3 Å². The van der Waals surface area contributed by atoms with Gasteiger partial charge in [-0.3, -0.25) is 9.78 Å². The summed E-state index contributed by atoms with van der Waals surface area (Å²) < 4.78 is 0. The van der Waals surface area contributed by atoms with E-state index < -0.39 is 0 Å². The number of fused-ring (bicyclic) bond motifs is 1. The van der Waals surface area contributed by atoms with Gasteiger partial charge < -0.3 is 0 Å². The van der Waals surface area contributed by atoms with E-state index in [-0.39, 0.29) is 0 Å². The summed E-state index contributed by atoms with van der Waals surface area (Å²) in [4.78, 5) is 15.3. The maximum Gasteiger partial charge on any atom is 0.150 e. The van der Waals surface area contributed by atoms with Crippen molar-refractivity contribution in [1.29, 1.82) is 0 Å². The van der Waals surface area contributed by atoms with Crippen LogP contribution in [0.2, 0.25) is 5.02 Å². The van der Waals surface area contributed by atoms with E-state index in [0.717, 1.165) is 28.4 Å². The van der Waals surface area contributed by atoms with Crippen molar-refractivity contribution in [2.45, 2.75) is 6.42 Å². The zero-order valence-electron chi connectivity index (χ0n) is 10.7. The summed E-state index contributed by atoms with van der Waals surface area (Å²) in [6.45, 7) is 0. The van der Waals surface area contributed by atoms with E-state index >= 15 is 0 Å². The number of carbonyl (C=O) groups excluding carboxylic acids is 1. The van der Waals surface area contributed by atoms with Crippen LogP contribution >= 0.6 is 11.6 Å². The predicted molar refractivity (Wildman–Crippen MR) is 81.4 cm³/mol. The van der Waals surface area contributed by atoms with E-state index in [4.69, 9.17) is 11.6 Å². The number of carbonyl (C=O) groups is 1. The van der Waals surface area contributed by atoms with Gasteiger partial charge in [0.2, 0.25) is 0 Å². The highest BCUT2D eigenvalue weighted by Crippen LogP contribution is 2.21. The minimum atomic E-state index is 0.588. The summed E-state index contributed by atoms with van der Waals surface area (Å²) in [6, 6.07) is 17.4. The standard InChI is InChI=1S/C17H12ClNO/c18-16-9-12(11-20)5-6-14(16)10-15-8-7-13-3-1-2-4-17(13)19-15/h1-9,11H,10H2. The summed E-state index contributed by atoms with van der Waals surface area (Å²) in [6.07, 6.45) is 1.45. The zero-order valence-corrected chi connectivity index (χ0v) is 11.5. The molecule has 98 valence electrons. The highest BCUT2D eigenvalue weighted by atomic mass is 35.5. The monoisotopic (exact) mass is 281 g/mol. The van der Waals surface area contributed by atoms with Crippen LogP contribution in [0.15, 0.2) is 54.6 Å². The van der Waals surface area contributed by atoms with E-state index in [0.29, 0.717) is 17.0 Å². The van der Waals surface area contributed by atoms with E-state index in [1.165, 1.54) is 0 Å². The molecule has 0 bridgehead atoms. The lowest BCUT2D eigenvalue weighted by Gasteiger charge is -2.06. The van der Waals surface area contributed by atoms with Gasteiger partial charge in [0.15, 0.2) is 0 Å². The lowest BCUT2D eigenvalue weighted by Crippen LogP contribution is -1.94. The van der Waals surface area contributed by atoms with Gasteiger partial charge in [0, 0.05) is 28.1 Å². The molecule has 3 aromatic rings. The van der Waals surface area contributed by atoms with Crippen molar-refractivity contribution in [3.63, 3.8) is 0 Å². The fraction of sp³-hybridized carbons (Fsp3) is 0.0588. The van der Waals surface area contributed by atoms with Crippen molar-refractivity contribution in [1.82, 2.24) is 4.98 Å². The molecule has 0 N–H and O–H groups in total. The molecular formula is C17H12ClNO. The van der Waals surface area contributed by atoms with Crippen molar-refractivity contribution in [3.05, 3.63) is 76.4 Å². The van der Waals surface area contributed by atoms with Crippen molar-refractivity contribution < 1.29 is 4.79 Å². The fourth-order valence-corrected chi connectivity index (χ4v) is 2.44. The van der Waals surface area contributed by atoms with Crippen molar-refractivity contribution in [2.24, 2.45) is 0 Å². The van der Waals surface area contributed by atoms with Gasteiger partial charge in [-0.15, -0.1) is 0 Å². The van der Waals surface area contributed by atoms with E-state index in [9.17, 15) is 4.79 Å². The lowest BCUT2D eigenvalue weighted by atomic mass is 10.1. The van der Waals surface area contributed by atoms with Crippen LogP contribution in [0.3, 0.4) is 0 Å². The molecule has 0 amide bonds. The molecule has 0 aliphatic carbocycles. The maximum absolute atomic E-state index is 10.7. The molecular weight excluding hydrogens is 270 g/mol. The Morgan fingerprint density at radius 1 is 1.05 bits per heavy atom. The van der Waals surface area contributed by atoms with E-state index in [1.54, 1.807) is 12.1 Å². The Bertz CT molecular complexity index is 783. The summed E-state index contributed by atoms with van der Waals surface area (Å²) in [5.41, 5.74) is 3.50. The molecule has 0 aliphatic heterocycles. The Labute approximate surface area is 122 Å². The number of hydrogen-bond donors (Lipinski definition) is 0. The first-order chi connectivity index (χ1) is 9.76. The molecule has 1 aromatic heterocycles. The number of nitrogens with zero attached hydrogens (tertiary/aromatic N) is 1. The van der Waals surface area contributed by atoms with Gasteiger partial charge >= 0.3 is 0 Å². The SMILES string of the molecule is O=Cc1ccc(Cc2ccc3ccccc3n2)c(Cl)c1. The highest BCUT2D eigenvalue weighted by molar-refractivity contribution is 6.31. The van der Waals surface area contributed by atoms with Gasteiger partial charge in [-0.25, -0.2) is 0 Å². The van der Waals surface area contributed by atoms with E-state index in [1.807, 2.05) is 36.4 Å². The van der Waals surface area contributed by atoms with Crippen LogP contribution in [-0.2, 0) is 6.42 Å². The molecule has 2 nitrogen and oxygen atoms in total. The van der Waals surface area contributed by atoms with Crippen molar-refractivity contribution in [3.8, 4) is 0 Å². The molecule has 0 radical (unpaired) electrons. The molecule has 0 saturated carbocycles. The number of hydrogen-bond acceptors (Lipinski definition) is 2. The number of aldehydes is 1. The Balaban J connectivity index is 1.94. The van der Waals surface area contributed by atoms with E-state index in [2.05, 4.69) is 11.1 Å². The van der Waals surface area contributed by atoms with Crippen LogP contribution in [0.5, 0.6) is 0 Å². The van der Waals surface area contributed by atoms with Gasteiger partial charge in [-0.2, -0.15) is 0 Å². The summed E-state index contributed by atoms with van der Waals surface area (Å²) in [5, 5.41) is 1.73. The largest absolute Gasteiger partial charge is 0.298 e. The molecule has 2 aromatic carbocycles. The first-order valence-corrected chi connectivity index (χ1v) is 6.72. The summed E-state index contributed by atoms with van der Waals surface area (Å²) in [7, 11) is 0. The average molecular weight is 282 g/mol. The average Bonchev–Trinajstić information content (AvgIpc) is 2.49. The third kappa shape index (κ3) is 2.56. The third-order valence-electron chi connectivity index (χ3n) is 3.24. The smallest absolute Gasteiger partial charge is 0.150 e. The number of halogens is 1. The number of aromatic nitrogens is 1. The van der Waals surface area contributed by atoms with Gasteiger partial charge in [-0.05, 0) is 23.8 Å². The van der Waals surface area contributed by atoms with Crippen LogP contribution in [0.25, 0.3) is 10.9 Å². The Kier molecular flexibility index (Phi) is 3.48. The van der Waals surface area contributed by atoms with Crippen molar-refractivity contribution >= 4 is 28.8 Å². The first kappa shape index (κ1) is 12.8. The minimum absolute atomic E-state index is 0.588. The fourth-order valence-electron chi connectivity index (χ4n) is 2.18. The molecule has 20 heavy (non-hydrogen) atoms. The Hall–Kier alpha value is -2.19. The van der Waals surface area contributed by atoms with Crippen LogP contribution in [0, 0.1) is 0 Å². The Morgan fingerprint density at radius 2 is 1.90 bits per heavy atom. The number of rotatable bonds is 3. The second-order valence-electron chi connectivity index (χ2n) is 4.64.